The van der Waals surface area contributed by atoms with Crippen molar-refractivity contribution in [2.24, 2.45) is 0 Å². The van der Waals surface area contributed by atoms with E-state index < -0.39 is 0 Å². The Morgan fingerprint density at radius 2 is 2.03 bits per heavy atom. The van der Waals surface area contributed by atoms with Crippen LogP contribution in [0.1, 0.15) is 22.6 Å². The van der Waals surface area contributed by atoms with Crippen LogP contribution in [-0.4, -0.2) is 45.2 Å². The van der Waals surface area contributed by atoms with Crippen LogP contribution in [0.4, 0.5) is 23.1 Å². The number of hydrogen-bond acceptors (Lipinski definition) is 7. The van der Waals surface area contributed by atoms with Crippen molar-refractivity contribution < 1.29 is 4.79 Å². The lowest BCUT2D eigenvalue weighted by molar-refractivity contribution is 0.0935. The van der Waals surface area contributed by atoms with Crippen LogP contribution in [0.3, 0.4) is 0 Å². The normalized spacial score (nSPS) is 15.9. The van der Waals surface area contributed by atoms with Gasteiger partial charge >= 0.3 is 0 Å². The van der Waals surface area contributed by atoms with E-state index in [2.05, 4.69) is 41.4 Å². The van der Waals surface area contributed by atoms with Crippen molar-refractivity contribution in [1.82, 2.24) is 30.8 Å². The lowest BCUT2D eigenvalue weighted by atomic mass is 10.2. The Labute approximate surface area is 172 Å². The van der Waals surface area contributed by atoms with E-state index >= 15 is 0 Å². The zero-order valence-corrected chi connectivity index (χ0v) is 16.5. The maximum atomic E-state index is 12.8. The summed E-state index contributed by atoms with van der Waals surface area (Å²) in [5.41, 5.74) is 1.88. The van der Waals surface area contributed by atoms with Crippen LogP contribution in [0.25, 0.3) is 0 Å². The molecule has 1 atom stereocenters. The third-order valence-corrected chi connectivity index (χ3v) is 4.70. The number of amides is 1. The van der Waals surface area contributed by atoms with Gasteiger partial charge in [0.2, 0.25) is 0 Å². The third-order valence-electron chi connectivity index (χ3n) is 4.45. The van der Waals surface area contributed by atoms with Crippen molar-refractivity contribution >= 4 is 40.6 Å². The molecule has 1 aliphatic rings. The number of carbonyl (C=O) groups excluding carboxylic acids is 1. The maximum Gasteiger partial charge on any atom is 0.274 e. The van der Waals surface area contributed by atoms with Gasteiger partial charge in [-0.25, -0.2) is 9.97 Å². The first kappa shape index (κ1) is 19.2. The van der Waals surface area contributed by atoms with E-state index in [0.717, 1.165) is 30.9 Å². The molecule has 5 N–H and O–H groups in total. The second kappa shape index (κ2) is 8.46. The molecule has 3 heterocycles. The Bertz CT molecular complexity index is 998. The quantitative estimate of drug-likeness (QED) is 0.422. The van der Waals surface area contributed by atoms with Gasteiger partial charge in [0.15, 0.2) is 23.1 Å². The van der Waals surface area contributed by atoms with Gasteiger partial charge in [0.25, 0.3) is 5.91 Å². The Kier molecular flexibility index (Phi) is 5.59. The first-order chi connectivity index (χ1) is 14.1. The van der Waals surface area contributed by atoms with Crippen molar-refractivity contribution in [3.8, 4) is 0 Å². The molecule has 4 rings (SSSR count). The summed E-state index contributed by atoms with van der Waals surface area (Å²) in [6, 6.07) is 9.07. The highest BCUT2D eigenvalue weighted by molar-refractivity contribution is 6.30. The Balaban J connectivity index is 1.61. The van der Waals surface area contributed by atoms with E-state index in [1.165, 1.54) is 6.20 Å². The number of nitrogens with one attached hydrogen (secondary N) is 5. The van der Waals surface area contributed by atoms with Gasteiger partial charge < -0.3 is 21.3 Å². The zero-order valence-electron chi connectivity index (χ0n) is 15.8. The van der Waals surface area contributed by atoms with Crippen LogP contribution in [0.5, 0.6) is 0 Å². The molecule has 1 saturated heterocycles. The summed E-state index contributed by atoms with van der Waals surface area (Å²) >= 11 is 5.96. The van der Waals surface area contributed by atoms with Gasteiger partial charge in [-0.15, -0.1) is 0 Å². The third kappa shape index (κ3) is 4.82. The highest BCUT2D eigenvalue weighted by atomic mass is 35.5. The summed E-state index contributed by atoms with van der Waals surface area (Å²) in [5, 5.41) is 20.1. The number of H-pyrrole nitrogens is 1. The molecule has 9 nitrogen and oxygen atoms in total. The monoisotopic (exact) mass is 412 g/mol. The van der Waals surface area contributed by atoms with Crippen LogP contribution >= 0.6 is 11.6 Å². The van der Waals surface area contributed by atoms with Gasteiger partial charge in [0.1, 0.15) is 0 Å². The number of benzene rings is 1. The number of hydrogen-bond donors (Lipinski definition) is 5. The number of aromatic nitrogens is 4. The fourth-order valence-electron chi connectivity index (χ4n) is 3.02. The number of halogens is 1. The Morgan fingerprint density at radius 3 is 2.72 bits per heavy atom. The molecule has 1 fully saturated rings. The standard InChI is InChI=1S/C19H21ClN8O/c1-11-8-15(28-27-11)25-16-10-22-17(19(29)24-14-6-7-21-9-14)18(26-16)23-13-4-2-12(20)3-5-13/h2-5,8,10,14,21H,6-7,9H2,1H3,(H,24,29)(H3,23,25,26,27,28)/t14-/m0/s1. The summed E-state index contributed by atoms with van der Waals surface area (Å²) in [6.07, 6.45) is 2.40. The predicted octanol–water partition coefficient (Wildman–Crippen LogP) is 2.74. The number of carbonyl (C=O) groups is 1. The minimum absolute atomic E-state index is 0.0810. The summed E-state index contributed by atoms with van der Waals surface area (Å²) in [7, 11) is 0. The number of aromatic amines is 1. The van der Waals surface area contributed by atoms with E-state index in [1.54, 1.807) is 12.1 Å². The van der Waals surface area contributed by atoms with Crippen LogP contribution < -0.4 is 21.3 Å². The van der Waals surface area contributed by atoms with Gasteiger partial charge in [-0.05, 0) is 44.2 Å². The molecule has 3 aromatic rings. The molecule has 10 heteroatoms. The van der Waals surface area contributed by atoms with Gasteiger partial charge in [0.05, 0.1) is 6.20 Å². The number of aryl methyl sites for hydroxylation is 1. The van der Waals surface area contributed by atoms with Gasteiger partial charge in [-0.3, -0.25) is 9.89 Å². The zero-order chi connectivity index (χ0) is 20.2. The average Bonchev–Trinajstić information content (AvgIpc) is 3.35. The lowest BCUT2D eigenvalue weighted by Crippen LogP contribution is -2.37. The van der Waals surface area contributed by atoms with E-state index in [0.29, 0.717) is 22.5 Å². The van der Waals surface area contributed by atoms with Crippen LogP contribution in [0.15, 0.2) is 36.5 Å². The smallest absolute Gasteiger partial charge is 0.274 e. The topological polar surface area (TPSA) is 120 Å². The van der Waals surface area contributed by atoms with Crippen molar-refractivity contribution in [2.45, 2.75) is 19.4 Å². The highest BCUT2D eigenvalue weighted by Gasteiger charge is 2.22. The van der Waals surface area contributed by atoms with Crippen LogP contribution in [-0.2, 0) is 0 Å². The van der Waals surface area contributed by atoms with Gasteiger partial charge in [-0.1, -0.05) is 11.6 Å². The fraction of sp³-hybridized carbons (Fsp3) is 0.263. The number of nitrogens with zero attached hydrogens (tertiary/aromatic N) is 3. The molecule has 0 saturated carbocycles. The van der Waals surface area contributed by atoms with Crippen LogP contribution in [0.2, 0.25) is 5.02 Å². The number of rotatable bonds is 6. The minimum Gasteiger partial charge on any atom is -0.347 e. The molecule has 0 radical (unpaired) electrons. The molecule has 2 aromatic heterocycles. The van der Waals surface area contributed by atoms with Gasteiger partial charge in [-0.2, -0.15) is 5.10 Å². The summed E-state index contributed by atoms with van der Waals surface area (Å²) in [6.45, 7) is 3.54. The molecule has 29 heavy (non-hydrogen) atoms. The molecule has 0 bridgehead atoms. The average molecular weight is 413 g/mol. The SMILES string of the molecule is Cc1cc(Nc2cnc(C(=O)N[C@H]3CCNC3)c(Nc3ccc(Cl)cc3)n2)n[nH]1. The summed E-state index contributed by atoms with van der Waals surface area (Å²) in [4.78, 5) is 21.7. The first-order valence-corrected chi connectivity index (χ1v) is 9.65. The molecule has 1 aromatic carbocycles. The first-order valence-electron chi connectivity index (χ1n) is 9.27. The van der Waals surface area contributed by atoms with Crippen LogP contribution in [0, 0.1) is 6.92 Å². The van der Waals surface area contributed by atoms with Gasteiger partial charge in [0, 0.05) is 35.1 Å². The van der Waals surface area contributed by atoms with Crippen molar-refractivity contribution in [3.63, 3.8) is 0 Å². The molecule has 0 unspecified atom stereocenters. The maximum absolute atomic E-state index is 12.8. The van der Waals surface area contributed by atoms with E-state index in [9.17, 15) is 4.79 Å². The molecular weight excluding hydrogens is 392 g/mol. The molecule has 1 aliphatic heterocycles. The highest BCUT2D eigenvalue weighted by Crippen LogP contribution is 2.22. The van der Waals surface area contributed by atoms with Crippen molar-refractivity contribution in [1.29, 1.82) is 0 Å². The van der Waals surface area contributed by atoms with E-state index in [1.807, 2.05) is 25.1 Å². The minimum atomic E-state index is -0.273. The van der Waals surface area contributed by atoms with E-state index in [-0.39, 0.29) is 17.6 Å². The largest absolute Gasteiger partial charge is 0.347 e. The Hall–Kier alpha value is -3.17. The molecule has 0 spiro atoms. The predicted molar refractivity (Wildman–Crippen MR) is 112 cm³/mol. The van der Waals surface area contributed by atoms with Crippen molar-refractivity contribution in [3.05, 3.63) is 52.9 Å². The molecule has 1 amide bonds. The lowest BCUT2D eigenvalue weighted by Gasteiger charge is -2.15. The summed E-state index contributed by atoms with van der Waals surface area (Å²) in [5.74, 6) is 1.15. The second-order valence-corrected chi connectivity index (χ2v) is 7.25. The Morgan fingerprint density at radius 1 is 1.21 bits per heavy atom. The van der Waals surface area contributed by atoms with E-state index in [4.69, 9.17) is 11.6 Å². The molecule has 0 aliphatic carbocycles. The molecular formula is C19H21ClN8O. The summed E-state index contributed by atoms with van der Waals surface area (Å²) < 4.78 is 0. The van der Waals surface area contributed by atoms with Crippen molar-refractivity contribution in [2.75, 3.05) is 23.7 Å². The molecule has 150 valence electrons. The number of anilines is 4. The fourth-order valence-corrected chi connectivity index (χ4v) is 3.14. The second-order valence-electron chi connectivity index (χ2n) is 6.81.